The molecule has 0 spiro atoms. The number of hydrogen-bond acceptors (Lipinski definition) is 2. The van der Waals surface area contributed by atoms with Gasteiger partial charge < -0.3 is 5.32 Å². The molecular formula is C15H24ClFN2. The Morgan fingerprint density at radius 3 is 2.63 bits per heavy atom. The Balaban J connectivity index is 0.00000180. The van der Waals surface area contributed by atoms with Gasteiger partial charge in [0.1, 0.15) is 5.82 Å². The van der Waals surface area contributed by atoms with Crippen LogP contribution in [0.1, 0.15) is 37.8 Å². The molecule has 0 aliphatic carbocycles. The summed E-state index contributed by atoms with van der Waals surface area (Å²) < 4.78 is 13.0. The van der Waals surface area contributed by atoms with Crippen molar-refractivity contribution in [3.63, 3.8) is 0 Å². The van der Waals surface area contributed by atoms with Crippen LogP contribution < -0.4 is 5.32 Å². The Kier molecular flexibility index (Phi) is 6.76. The maximum Gasteiger partial charge on any atom is 0.123 e. The van der Waals surface area contributed by atoms with Gasteiger partial charge in [-0.1, -0.05) is 19.1 Å². The Morgan fingerprint density at radius 1 is 1.37 bits per heavy atom. The van der Waals surface area contributed by atoms with Crippen LogP contribution in [0, 0.1) is 5.82 Å². The summed E-state index contributed by atoms with van der Waals surface area (Å²) in [5.74, 6) is -0.152. The molecule has 2 rings (SSSR count). The van der Waals surface area contributed by atoms with E-state index in [1.54, 1.807) is 12.1 Å². The lowest BCUT2D eigenvalue weighted by molar-refractivity contribution is 0.136. The van der Waals surface area contributed by atoms with Gasteiger partial charge in [0, 0.05) is 18.6 Å². The highest BCUT2D eigenvalue weighted by molar-refractivity contribution is 5.85. The van der Waals surface area contributed by atoms with Crippen LogP contribution in [0.3, 0.4) is 0 Å². The smallest absolute Gasteiger partial charge is 0.123 e. The molecule has 1 heterocycles. The highest BCUT2D eigenvalue weighted by Crippen LogP contribution is 2.27. The number of rotatable bonds is 4. The number of nitrogens with zero attached hydrogens (tertiary/aromatic N) is 1. The molecule has 4 heteroatoms. The van der Waals surface area contributed by atoms with Gasteiger partial charge in [-0.05, 0) is 50.6 Å². The molecule has 1 aliphatic heterocycles. The molecule has 1 aliphatic rings. The van der Waals surface area contributed by atoms with Gasteiger partial charge >= 0.3 is 0 Å². The molecule has 108 valence electrons. The minimum atomic E-state index is -0.152. The summed E-state index contributed by atoms with van der Waals surface area (Å²) in [4.78, 5) is 2.53. The van der Waals surface area contributed by atoms with Gasteiger partial charge in [-0.3, -0.25) is 4.90 Å². The number of likely N-dealkylation sites (tertiary alicyclic amines) is 1. The SMILES string of the molecule is CCC(c1ccc(F)cc1)N1CCCC(NC)C1.Cl. The molecule has 0 saturated carbocycles. The fourth-order valence-electron chi connectivity index (χ4n) is 2.91. The van der Waals surface area contributed by atoms with Crippen LogP contribution in [-0.4, -0.2) is 31.1 Å². The van der Waals surface area contributed by atoms with E-state index in [4.69, 9.17) is 0 Å². The largest absolute Gasteiger partial charge is 0.316 e. The number of hydrogen-bond donors (Lipinski definition) is 1. The molecule has 0 bridgehead atoms. The van der Waals surface area contributed by atoms with E-state index >= 15 is 0 Å². The number of nitrogens with one attached hydrogen (secondary N) is 1. The minimum absolute atomic E-state index is 0. The third-order valence-corrected chi connectivity index (χ3v) is 3.94. The number of halogens is 2. The summed E-state index contributed by atoms with van der Waals surface area (Å²) in [6, 6.07) is 7.99. The third kappa shape index (κ3) is 4.16. The van der Waals surface area contributed by atoms with Crippen LogP contribution in [0.2, 0.25) is 0 Å². The minimum Gasteiger partial charge on any atom is -0.316 e. The normalized spacial score (nSPS) is 21.7. The highest BCUT2D eigenvalue weighted by atomic mass is 35.5. The summed E-state index contributed by atoms with van der Waals surface area (Å²) in [5.41, 5.74) is 1.23. The standard InChI is InChI=1S/C15H23FN2.ClH/c1-3-15(12-6-8-13(16)9-7-12)18-10-4-5-14(11-18)17-2;/h6-9,14-15,17H,3-5,10-11H2,1-2H3;1H. The first-order valence-electron chi connectivity index (χ1n) is 6.91. The van der Waals surface area contributed by atoms with E-state index in [-0.39, 0.29) is 18.2 Å². The van der Waals surface area contributed by atoms with Gasteiger partial charge in [-0.2, -0.15) is 0 Å². The van der Waals surface area contributed by atoms with Crippen molar-refractivity contribution in [1.29, 1.82) is 0 Å². The lowest BCUT2D eigenvalue weighted by Crippen LogP contribution is -2.45. The molecule has 1 aromatic carbocycles. The fourth-order valence-corrected chi connectivity index (χ4v) is 2.91. The Hall–Kier alpha value is -0.640. The van der Waals surface area contributed by atoms with E-state index in [0.29, 0.717) is 12.1 Å². The molecule has 1 fully saturated rings. The second-order valence-corrected chi connectivity index (χ2v) is 5.10. The molecule has 2 nitrogen and oxygen atoms in total. The third-order valence-electron chi connectivity index (χ3n) is 3.94. The first kappa shape index (κ1) is 16.4. The summed E-state index contributed by atoms with van der Waals surface area (Å²) >= 11 is 0. The quantitative estimate of drug-likeness (QED) is 0.913. The van der Waals surface area contributed by atoms with E-state index in [9.17, 15) is 4.39 Å². The molecule has 19 heavy (non-hydrogen) atoms. The van der Waals surface area contributed by atoms with Crippen LogP contribution in [-0.2, 0) is 0 Å². The van der Waals surface area contributed by atoms with E-state index in [2.05, 4.69) is 17.1 Å². The van der Waals surface area contributed by atoms with Crippen molar-refractivity contribution in [2.24, 2.45) is 0 Å². The van der Waals surface area contributed by atoms with Crippen molar-refractivity contribution in [3.8, 4) is 0 Å². The number of likely N-dealkylation sites (N-methyl/N-ethyl adjacent to an activating group) is 1. The molecule has 0 amide bonds. The van der Waals surface area contributed by atoms with Crippen LogP contribution in [0.25, 0.3) is 0 Å². The predicted molar refractivity (Wildman–Crippen MR) is 80.3 cm³/mol. The van der Waals surface area contributed by atoms with Crippen molar-refractivity contribution in [2.75, 3.05) is 20.1 Å². The summed E-state index contributed by atoms with van der Waals surface area (Å²) in [5, 5.41) is 3.37. The second-order valence-electron chi connectivity index (χ2n) is 5.10. The van der Waals surface area contributed by atoms with E-state index in [0.717, 1.165) is 19.5 Å². The first-order valence-corrected chi connectivity index (χ1v) is 6.91. The van der Waals surface area contributed by atoms with Gasteiger partial charge in [0.2, 0.25) is 0 Å². The predicted octanol–water partition coefficient (Wildman–Crippen LogP) is 3.38. The molecule has 1 saturated heterocycles. The zero-order valence-corrected chi connectivity index (χ0v) is 12.5. The van der Waals surface area contributed by atoms with Gasteiger partial charge in [0.25, 0.3) is 0 Å². The van der Waals surface area contributed by atoms with Gasteiger partial charge in [0.15, 0.2) is 0 Å². The van der Waals surface area contributed by atoms with Crippen molar-refractivity contribution < 1.29 is 4.39 Å². The van der Waals surface area contributed by atoms with E-state index < -0.39 is 0 Å². The monoisotopic (exact) mass is 286 g/mol. The van der Waals surface area contributed by atoms with Gasteiger partial charge in [-0.15, -0.1) is 12.4 Å². The molecular weight excluding hydrogens is 263 g/mol. The Bertz CT molecular complexity index is 369. The molecule has 0 aromatic heterocycles. The maximum atomic E-state index is 13.0. The van der Waals surface area contributed by atoms with Crippen molar-refractivity contribution in [3.05, 3.63) is 35.6 Å². The number of piperidine rings is 1. The lowest BCUT2D eigenvalue weighted by Gasteiger charge is -2.38. The van der Waals surface area contributed by atoms with E-state index in [1.165, 1.54) is 18.4 Å². The molecule has 1 aromatic rings. The average Bonchev–Trinajstić information content (AvgIpc) is 2.42. The van der Waals surface area contributed by atoms with Crippen LogP contribution in [0.4, 0.5) is 4.39 Å². The van der Waals surface area contributed by atoms with Gasteiger partial charge in [-0.25, -0.2) is 4.39 Å². The Morgan fingerprint density at radius 2 is 2.05 bits per heavy atom. The fraction of sp³-hybridized carbons (Fsp3) is 0.600. The topological polar surface area (TPSA) is 15.3 Å². The Labute approximate surface area is 121 Å². The van der Waals surface area contributed by atoms with Crippen LogP contribution >= 0.6 is 12.4 Å². The lowest BCUT2D eigenvalue weighted by atomic mass is 9.98. The van der Waals surface area contributed by atoms with Crippen LogP contribution in [0.5, 0.6) is 0 Å². The zero-order chi connectivity index (χ0) is 13.0. The van der Waals surface area contributed by atoms with Crippen molar-refractivity contribution in [2.45, 2.75) is 38.3 Å². The number of benzene rings is 1. The average molecular weight is 287 g/mol. The van der Waals surface area contributed by atoms with E-state index in [1.807, 2.05) is 19.2 Å². The molecule has 2 atom stereocenters. The summed E-state index contributed by atoms with van der Waals surface area (Å²) in [6.45, 7) is 4.44. The van der Waals surface area contributed by atoms with Crippen molar-refractivity contribution >= 4 is 12.4 Å². The maximum absolute atomic E-state index is 13.0. The van der Waals surface area contributed by atoms with Gasteiger partial charge in [0.05, 0.1) is 0 Å². The second kappa shape index (κ2) is 7.83. The first-order chi connectivity index (χ1) is 8.74. The van der Waals surface area contributed by atoms with Crippen LogP contribution in [0.15, 0.2) is 24.3 Å². The summed E-state index contributed by atoms with van der Waals surface area (Å²) in [7, 11) is 2.03. The summed E-state index contributed by atoms with van der Waals surface area (Å²) in [6.07, 6.45) is 3.57. The zero-order valence-electron chi connectivity index (χ0n) is 11.7. The molecule has 0 radical (unpaired) electrons. The molecule has 2 unspecified atom stereocenters. The molecule has 1 N–H and O–H groups in total. The highest BCUT2D eigenvalue weighted by Gasteiger charge is 2.24. The van der Waals surface area contributed by atoms with Crippen molar-refractivity contribution in [1.82, 2.24) is 10.2 Å².